The molecule has 9 heteroatoms. The summed E-state index contributed by atoms with van der Waals surface area (Å²) in [6.07, 6.45) is 4.09. The maximum atomic E-state index is 12.6. The third-order valence-electron chi connectivity index (χ3n) is 5.83. The fourth-order valence-corrected chi connectivity index (χ4v) is 5.43. The zero-order valence-electron chi connectivity index (χ0n) is 18.4. The number of carbonyl (C=O) groups is 2. The van der Waals surface area contributed by atoms with Crippen LogP contribution < -0.4 is 16.0 Å². The molecule has 170 valence electrons. The zero-order chi connectivity index (χ0) is 22.2. The Hall–Kier alpha value is -2.42. The molecule has 1 saturated carbocycles. The van der Waals surface area contributed by atoms with Crippen LogP contribution in [0.4, 0.5) is 0 Å². The van der Waals surface area contributed by atoms with Gasteiger partial charge in [0.05, 0.1) is 6.54 Å². The first-order valence-electron chi connectivity index (χ1n) is 11.0. The number of nitrogens with one attached hydrogen (secondary N) is 3. The third kappa shape index (κ3) is 6.53. The Morgan fingerprint density at radius 3 is 2.74 bits per heavy atom. The Morgan fingerprint density at radius 2 is 2.06 bits per heavy atom. The standard InChI is InChI=1S/C22H33N5O3S/c1-3-31(30)19-6-4-5-18(13-19)26-22(23-2)25-14-16-7-9-17(10-8-16)21(29)27-12-11-24-20(28)15-27/h7-10,18-19H,3-6,11-15H2,1-2H3,(H,24,28)(H2,23,25,26). The van der Waals surface area contributed by atoms with Gasteiger partial charge in [-0.2, -0.15) is 0 Å². The molecule has 3 atom stereocenters. The predicted octanol–water partition coefficient (Wildman–Crippen LogP) is 1.00. The van der Waals surface area contributed by atoms with Crippen molar-refractivity contribution in [3.63, 3.8) is 0 Å². The van der Waals surface area contributed by atoms with Gasteiger partial charge < -0.3 is 20.9 Å². The van der Waals surface area contributed by atoms with E-state index in [1.165, 1.54) is 0 Å². The van der Waals surface area contributed by atoms with E-state index in [9.17, 15) is 13.8 Å². The summed E-state index contributed by atoms with van der Waals surface area (Å²) in [5, 5.41) is 9.79. The monoisotopic (exact) mass is 447 g/mol. The summed E-state index contributed by atoms with van der Waals surface area (Å²) in [6, 6.07) is 7.71. The van der Waals surface area contributed by atoms with Gasteiger partial charge in [0.15, 0.2) is 5.96 Å². The van der Waals surface area contributed by atoms with Gasteiger partial charge in [0.2, 0.25) is 5.91 Å². The van der Waals surface area contributed by atoms with E-state index in [0.29, 0.717) is 31.0 Å². The van der Waals surface area contributed by atoms with E-state index < -0.39 is 10.8 Å². The maximum absolute atomic E-state index is 12.6. The normalized spacial score (nSPS) is 23.1. The van der Waals surface area contributed by atoms with Crippen molar-refractivity contribution in [1.82, 2.24) is 20.9 Å². The summed E-state index contributed by atoms with van der Waals surface area (Å²) in [5.41, 5.74) is 1.61. The lowest BCUT2D eigenvalue weighted by Crippen LogP contribution is -2.49. The SMILES string of the molecule is CCS(=O)C1CCCC(NC(=NC)NCc2ccc(C(=O)N3CCNC(=O)C3)cc2)C1. The number of nitrogens with zero attached hydrogens (tertiary/aromatic N) is 2. The molecule has 2 fully saturated rings. The molecule has 0 aromatic heterocycles. The van der Waals surface area contributed by atoms with Gasteiger partial charge in [0.1, 0.15) is 0 Å². The molecule has 2 amide bonds. The van der Waals surface area contributed by atoms with Crippen LogP contribution in [0.3, 0.4) is 0 Å². The van der Waals surface area contributed by atoms with Gasteiger partial charge in [-0.3, -0.25) is 18.8 Å². The summed E-state index contributed by atoms with van der Waals surface area (Å²) in [5.74, 6) is 1.20. The van der Waals surface area contributed by atoms with Gasteiger partial charge in [-0.05, 0) is 37.0 Å². The predicted molar refractivity (Wildman–Crippen MR) is 123 cm³/mol. The topological polar surface area (TPSA) is 103 Å². The van der Waals surface area contributed by atoms with Crippen molar-refractivity contribution in [2.45, 2.75) is 50.4 Å². The highest BCUT2D eigenvalue weighted by molar-refractivity contribution is 7.85. The molecule has 2 aliphatic rings. The molecule has 3 N–H and O–H groups in total. The molecule has 0 bridgehead atoms. The average Bonchev–Trinajstić information content (AvgIpc) is 2.81. The van der Waals surface area contributed by atoms with Crippen molar-refractivity contribution in [3.05, 3.63) is 35.4 Å². The minimum atomic E-state index is -0.748. The second kappa shape index (κ2) is 11.3. The Balaban J connectivity index is 1.50. The number of rotatable bonds is 6. The summed E-state index contributed by atoms with van der Waals surface area (Å²) >= 11 is 0. The van der Waals surface area contributed by atoms with Crippen molar-refractivity contribution in [1.29, 1.82) is 0 Å². The van der Waals surface area contributed by atoms with Crippen molar-refractivity contribution in [2.75, 3.05) is 32.4 Å². The third-order valence-corrected chi connectivity index (χ3v) is 7.57. The van der Waals surface area contributed by atoms with Gasteiger partial charge in [-0.25, -0.2) is 0 Å². The molecule has 8 nitrogen and oxygen atoms in total. The smallest absolute Gasteiger partial charge is 0.254 e. The average molecular weight is 448 g/mol. The summed E-state index contributed by atoms with van der Waals surface area (Å²) in [6.45, 7) is 3.70. The molecule has 1 aromatic carbocycles. The maximum Gasteiger partial charge on any atom is 0.254 e. The van der Waals surface area contributed by atoms with Crippen LogP contribution in [0.1, 0.15) is 48.5 Å². The van der Waals surface area contributed by atoms with E-state index >= 15 is 0 Å². The molecule has 1 aromatic rings. The van der Waals surface area contributed by atoms with Crippen LogP contribution in [0, 0.1) is 0 Å². The lowest BCUT2D eigenvalue weighted by atomic mass is 9.95. The van der Waals surface area contributed by atoms with Crippen LogP contribution in [0.25, 0.3) is 0 Å². The fourth-order valence-electron chi connectivity index (χ4n) is 4.08. The second-order valence-electron chi connectivity index (χ2n) is 8.00. The number of hydrogen-bond donors (Lipinski definition) is 3. The van der Waals surface area contributed by atoms with Gasteiger partial charge in [-0.1, -0.05) is 25.5 Å². The van der Waals surface area contributed by atoms with Crippen LogP contribution in [-0.2, 0) is 22.1 Å². The zero-order valence-corrected chi connectivity index (χ0v) is 19.2. The van der Waals surface area contributed by atoms with Crippen LogP contribution in [0.2, 0.25) is 0 Å². The number of aliphatic imine (C=N–C) groups is 1. The minimum absolute atomic E-state index is 0.109. The first-order chi connectivity index (χ1) is 15.0. The number of piperazine rings is 1. The first-order valence-corrected chi connectivity index (χ1v) is 12.4. The molecule has 3 rings (SSSR count). The summed E-state index contributed by atoms with van der Waals surface area (Å²) in [4.78, 5) is 30.0. The highest BCUT2D eigenvalue weighted by Crippen LogP contribution is 2.23. The highest BCUT2D eigenvalue weighted by atomic mass is 32.2. The van der Waals surface area contributed by atoms with Gasteiger partial charge in [0, 0.05) is 60.1 Å². The number of benzene rings is 1. The van der Waals surface area contributed by atoms with Crippen molar-refractivity contribution in [3.8, 4) is 0 Å². The van der Waals surface area contributed by atoms with E-state index in [2.05, 4.69) is 20.9 Å². The van der Waals surface area contributed by atoms with E-state index in [0.717, 1.165) is 37.2 Å². The quantitative estimate of drug-likeness (QED) is 0.446. The fraction of sp³-hybridized carbons (Fsp3) is 0.591. The first kappa shape index (κ1) is 23.2. The van der Waals surface area contributed by atoms with E-state index in [1.54, 1.807) is 24.1 Å². The number of carbonyl (C=O) groups excluding carboxylic acids is 2. The molecule has 1 aliphatic heterocycles. The Bertz CT molecular complexity index is 827. The lowest BCUT2D eigenvalue weighted by molar-refractivity contribution is -0.123. The van der Waals surface area contributed by atoms with Gasteiger partial charge in [0.25, 0.3) is 5.91 Å². The molecule has 0 radical (unpaired) electrons. The van der Waals surface area contributed by atoms with Crippen LogP contribution in [0.5, 0.6) is 0 Å². The molecule has 1 saturated heterocycles. The lowest BCUT2D eigenvalue weighted by Gasteiger charge is -2.30. The van der Waals surface area contributed by atoms with Crippen LogP contribution in [0.15, 0.2) is 29.3 Å². The van der Waals surface area contributed by atoms with E-state index in [-0.39, 0.29) is 29.7 Å². The highest BCUT2D eigenvalue weighted by Gasteiger charge is 2.26. The molecule has 0 spiro atoms. The molecule has 3 unspecified atom stereocenters. The molecular formula is C22H33N5O3S. The Kier molecular flexibility index (Phi) is 8.45. The number of hydrogen-bond acceptors (Lipinski definition) is 4. The number of amides is 2. The van der Waals surface area contributed by atoms with Crippen molar-refractivity contribution in [2.24, 2.45) is 4.99 Å². The van der Waals surface area contributed by atoms with Crippen LogP contribution >= 0.6 is 0 Å². The van der Waals surface area contributed by atoms with Gasteiger partial charge >= 0.3 is 0 Å². The van der Waals surface area contributed by atoms with Crippen LogP contribution in [-0.4, -0.2) is 70.6 Å². The Morgan fingerprint density at radius 1 is 1.29 bits per heavy atom. The summed E-state index contributed by atoms with van der Waals surface area (Å²) < 4.78 is 12.2. The van der Waals surface area contributed by atoms with E-state index in [4.69, 9.17) is 0 Å². The van der Waals surface area contributed by atoms with E-state index in [1.807, 2.05) is 19.1 Å². The Labute approximate surface area is 186 Å². The largest absolute Gasteiger partial charge is 0.354 e. The summed E-state index contributed by atoms with van der Waals surface area (Å²) in [7, 11) is 0.998. The molecule has 1 heterocycles. The molecule has 1 aliphatic carbocycles. The second-order valence-corrected chi connectivity index (χ2v) is 10.0. The van der Waals surface area contributed by atoms with Crippen molar-refractivity contribution >= 4 is 28.6 Å². The van der Waals surface area contributed by atoms with Gasteiger partial charge in [-0.15, -0.1) is 0 Å². The van der Waals surface area contributed by atoms with Crippen molar-refractivity contribution < 1.29 is 13.8 Å². The number of guanidine groups is 1. The minimum Gasteiger partial charge on any atom is -0.354 e. The molecule has 31 heavy (non-hydrogen) atoms. The molecular weight excluding hydrogens is 414 g/mol.